The van der Waals surface area contributed by atoms with E-state index in [0.717, 1.165) is 37.7 Å². The predicted molar refractivity (Wildman–Crippen MR) is 141 cm³/mol. The van der Waals surface area contributed by atoms with Crippen LogP contribution in [0.1, 0.15) is 64.2 Å². The molecular formula is C28H39N5O2. The fourth-order valence-electron chi connectivity index (χ4n) is 5.85. The summed E-state index contributed by atoms with van der Waals surface area (Å²) in [5.41, 5.74) is 2.64. The summed E-state index contributed by atoms with van der Waals surface area (Å²) in [4.78, 5) is 21.9. The molecule has 35 heavy (non-hydrogen) atoms. The van der Waals surface area contributed by atoms with Gasteiger partial charge in [-0.05, 0) is 82.3 Å². The smallest absolute Gasteiger partial charge is 0.323 e. The maximum Gasteiger partial charge on any atom is 0.323 e. The fourth-order valence-corrected chi connectivity index (χ4v) is 5.85. The van der Waals surface area contributed by atoms with E-state index in [0.29, 0.717) is 17.6 Å². The minimum atomic E-state index is -0.278. The van der Waals surface area contributed by atoms with E-state index in [2.05, 4.69) is 44.6 Å². The lowest BCUT2D eigenvalue weighted by molar-refractivity contribution is 0.147. The van der Waals surface area contributed by atoms with E-state index in [1.54, 1.807) is 6.20 Å². The van der Waals surface area contributed by atoms with Gasteiger partial charge in [-0.15, -0.1) is 0 Å². The molecule has 2 amide bonds. The van der Waals surface area contributed by atoms with Gasteiger partial charge in [0.25, 0.3) is 0 Å². The quantitative estimate of drug-likeness (QED) is 0.520. The number of carbonyl (C=O) groups excluding carboxylic acids is 1. The number of rotatable bonds is 7. The monoisotopic (exact) mass is 477 g/mol. The molecule has 1 aromatic heterocycles. The number of anilines is 3. The lowest BCUT2D eigenvalue weighted by atomic mass is 9.93. The zero-order valence-corrected chi connectivity index (χ0v) is 20.9. The molecule has 7 nitrogen and oxygen atoms in total. The van der Waals surface area contributed by atoms with E-state index >= 15 is 0 Å². The highest BCUT2D eigenvalue weighted by Gasteiger charge is 2.30. The highest BCUT2D eigenvalue weighted by atomic mass is 16.5. The first kappa shape index (κ1) is 23.9. The van der Waals surface area contributed by atoms with Crippen LogP contribution in [0.2, 0.25) is 0 Å². The first-order valence-electron chi connectivity index (χ1n) is 13.4. The highest BCUT2D eigenvalue weighted by molar-refractivity contribution is 5.99. The van der Waals surface area contributed by atoms with Crippen molar-refractivity contribution in [2.45, 2.75) is 82.4 Å². The molecule has 2 saturated carbocycles. The molecule has 3 fully saturated rings. The summed E-state index contributed by atoms with van der Waals surface area (Å²) in [6.07, 6.45) is 14.6. The van der Waals surface area contributed by atoms with Gasteiger partial charge in [0.1, 0.15) is 6.10 Å². The molecule has 0 bridgehead atoms. The van der Waals surface area contributed by atoms with Crippen LogP contribution < -0.4 is 20.3 Å². The van der Waals surface area contributed by atoms with Crippen molar-refractivity contribution in [2.75, 3.05) is 35.7 Å². The zero-order valence-electron chi connectivity index (χ0n) is 20.9. The number of pyridine rings is 1. The summed E-state index contributed by atoms with van der Waals surface area (Å²) in [5, 5.41) is 5.76. The van der Waals surface area contributed by atoms with E-state index < -0.39 is 0 Å². The molecule has 1 aliphatic heterocycles. The van der Waals surface area contributed by atoms with E-state index in [4.69, 9.17) is 4.74 Å². The van der Waals surface area contributed by atoms with Gasteiger partial charge in [0, 0.05) is 42.6 Å². The number of nitrogens with zero attached hydrogens (tertiary/aromatic N) is 3. The molecule has 1 unspecified atom stereocenters. The largest absolute Gasteiger partial charge is 0.474 e. The van der Waals surface area contributed by atoms with Gasteiger partial charge in [0.05, 0.1) is 11.9 Å². The summed E-state index contributed by atoms with van der Waals surface area (Å²) < 4.78 is 5.89. The lowest BCUT2D eigenvalue weighted by Gasteiger charge is -2.35. The number of hydrogen-bond donors (Lipinski definition) is 2. The van der Waals surface area contributed by atoms with Gasteiger partial charge in [-0.3, -0.25) is 4.90 Å². The Morgan fingerprint density at radius 3 is 2.29 bits per heavy atom. The Hall–Kier alpha value is -2.80. The molecule has 1 saturated heterocycles. The number of amides is 2. The number of likely N-dealkylation sites (N-methyl/N-ethyl adjacent to an activating group) is 1. The van der Waals surface area contributed by atoms with Crippen LogP contribution in [0.15, 0.2) is 42.6 Å². The molecule has 2 aromatic rings. The molecule has 0 spiro atoms. The Kier molecular flexibility index (Phi) is 7.72. The number of hydrogen-bond acceptors (Lipinski definition) is 5. The second-order valence-corrected chi connectivity index (χ2v) is 10.4. The summed E-state index contributed by atoms with van der Waals surface area (Å²) in [5.74, 6) is 0.618. The number of carbonyl (C=O) groups is 1. The van der Waals surface area contributed by atoms with Crippen LogP contribution in [0.5, 0.6) is 5.88 Å². The molecule has 0 radical (unpaired) electrons. The molecular weight excluding hydrogens is 438 g/mol. The third-order valence-electron chi connectivity index (χ3n) is 7.96. The molecule has 1 aromatic carbocycles. The molecule has 188 valence electrons. The maximum absolute atomic E-state index is 12.5. The van der Waals surface area contributed by atoms with Crippen LogP contribution in [0.4, 0.5) is 21.9 Å². The fraction of sp³-hybridized carbons (Fsp3) is 0.571. The van der Waals surface area contributed by atoms with Crippen molar-refractivity contribution in [3.8, 4) is 5.88 Å². The van der Waals surface area contributed by atoms with Gasteiger partial charge in [0.15, 0.2) is 0 Å². The third-order valence-corrected chi connectivity index (χ3v) is 7.96. The van der Waals surface area contributed by atoms with E-state index in [-0.39, 0.29) is 12.1 Å². The molecule has 2 heterocycles. The van der Waals surface area contributed by atoms with Crippen LogP contribution in [-0.2, 0) is 0 Å². The van der Waals surface area contributed by atoms with Crippen LogP contribution in [0, 0.1) is 0 Å². The Balaban J connectivity index is 1.09. The Labute approximate surface area is 209 Å². The third kappa shape index (κ3) is 6.26. The van der Waals surface area contributed by atoms with Crippen molar-refractivity contribution in [3.63, 3.8) is 0 Å². The van der Waals surface area contributed by atoms with Crippen molar-refractivity contribution in [1.29, 1.82) is 0 Å². The van der Waals surface area contributed by atoms with Crippen molar-refractivity contribution in [2.24, 2.45) is 0 Å². The molecule has 7 heteroatoms. The summed E-state index contributed by atoms with van der Waals surface area (Å²) in [7, 11) is 2.32. The van der Waals surface area contributed by atoms with E-state index in [1.807, 2.05) is 24.3 Å². The van der Waals surface area contributed by atoms with Crippen molar-refractivity contribution >= 4 is 23.1 Å². The van der Waals surface area contributed by atoms with Gasteiger partial charge in [-0.1, -0.05) is 19.3 Å². The first-order valence-corrected chi connectivity index (χ1v) is 13.4. The van der Waals surface area contributed by atoms with Crippen LogP contribution in [-0.4, -0.2) is 54.2 Å². The summed E-state index contributed by atoms with van der Waals surface area (Å²) in [6, 6.07) is 12.9. The normalized spacial score (nSPS) is 21.4. The van der Waals surface area contributed by atoms with Crippen LogP contribution in [0.3, 0.4) is 0 Å². The first-order chi connectivity index (χ1) is 17.1. The van der Waals surface area contributed by atoms with Gasteiger partial charge in [-0.2, -0.15) is 0 Å². The highest BCUT2D eigenvalue weighted by Crippen LogP contribution is 2.29. The maximum atomic E-state index is 12.5. The van der Waals surface area contributed by atoms with Crippen molar-refractivity contribution in [1.82, 2.24) is 9.88 Å². The number of urea groups is 1. The molecule has 3 aliphatic rings. The Morgan fingerprint density at radius 2 is 1.57 bits per heavy atom. The van der Waals surface area contributed by atoms with Crippen molar-refractivity contribution in [3.05, 3.63) is 42.6 Å². The number of aromatic nitrogens is 1. The number of ether oxygens (including phenoxy) is 1. The average molecular weight is 478 g/mol. The Bertz CT molecular complexity index is 952. The molecule has 2 aliphatic carbocycles. The lowest BCUT2D eigenvalue weighted by Crippen LogP contribution is -2.42. The van der Waals surface area contributed by atoms with Crippen molar-refractivity contribution < 1.29 is 9.53 Å². The van der Waals surface area contributed by atoms with Gasteiger partial charge < -0.3 is 20.3 Å². The SMILES string of the molecule is CN(C1CCCCC1)C1CCN(c2ccc(NC(=O)Nc3ccc(OC4CCCC4)nc3)cc2)C1. The predicted octanol–water partition coefficient (Wildman–Crippen LogP) is 5.89. The number of benzene rings is 1. The standard InChI is InChI=1S/C28H39N5O2/c1-32(23-7-3-2-4-8-23)25-17-18-33(20-25)24-14-11-21(12-15-24)30-28(34)31-22-13-16-27(29-19-22)35-26-9-5-6-10-26/h11-16,19,23,25-26H,2-10,17-18,20H2,1H3,(H2,30,31,34). The second-order valence-electron chi connectivity index (χ2n) is 10.4. The minimum Gasteiger partial charge on any atom is -0.474 e. The van der Waals surface area contributed by atoms with Crippen LogP contribution >= 0.6 is 0 Å². The van der Waals surface area contributed by atoms with Gasteiger partial charge >= 0.3 is 6.03 Å². The Morgan fingerprint density at radius 1 is 0.886 bits per heavy atom. The average Bonchev–Trinajstić information content (AvgIpc) is 3.58. The topological polar surface area (TPSA) is 69.7 Å². The second kappa shape index (κ2) is 11.3. The van der Waals surface area contributed by atoms with E-state index in [1.165, 1.54) is 57.1 Å². The van der Waals surface area contributed by atoms with Crippen LogP contribution in [0.25, 0.3) is 0 Å². The summed E-state index contributed by atoms with van der Waals surface area (Å²) in [6.45, 7) is 2.16. The molecule has 2 N–H and O–H groups in total. The van der Waals surface area contributed by atoms with E-state index in [9.17, 15) is 4.79 Å². The zero-order chi connectivity index (χ0) is 24.0. The van der Waals surface area contributed by atoms with Gasteiger partial charge in [-0.25, -0.2) is 9.78 Å². The summed E-state index contributed by atoms with van der Waals surface area (Å²) >= 11 is 0. The molecule has 1 atom stereocenters. The number of nitrogens with one attached hydrogen (secondary N) is 2. The minimum absolute atomic E-state index is 0.275. The van der Waals surface area contributed by atoms with Gasteiger partial charge in [0.2, 0.25) is 5.88 Å². The molecule has 5 rings (SSSR count).